The third kappa shape index (κ3) is 4.67. The second-order valence-electron chi connectivity index (χ2n) is 4.70. The average molecular weight is 258 g/mol. The van der Waals surface area contributed by atoms with Gasteiger partial charge in [-0.3, -0.25) is 0 Å². The Morgan fingerprint density at radius 2 is 2.26 bits per heavy atom. The predicted molar refractivity (Wildman–Crippen MR) is 79.1 cm³/mol. The molecule has 3 heteroatoms. The Kier molecular flexibility index (Phi) is 5.95. The lowest BCUT2D eigenvalue weighted by Gasteiger charge is -2.13. The lowest BCUT2D eigenvalue weighted by molar-refractivity contribution is 0.408. The van der Waals surface area contributed by atoms with Gasteiger partial charge < -0.3 is 10.1 Å². The molecule has 1 unspecified atom stereocenters. The van der Waals surface area contributed by atoms with Crippen LogP contribution in [0.25, 0.3) is 0 Å². The fourth-order valence-electron chi connectivity index (χ4n) is 1.99. The van der Waals surface area contributed by atoms with Crippen molar-refractivity contribution in [2.75, 3.05) is 12.4 Å². The number of allylic oxidation sites excluding steroid dienone is 1. The van der Waals surface area contributed by atoms with Crippen molar-refractivity contribution in [1.82, 2.24) is 0 Å². The minimum Gasteiger partial charge on any atom is -0.496 e. The molecule has 0 radical (unpaired) electrons. The first-order chi connectivity index (χ1) is 9.10. The molecule has 0 saturated carbocycles. The van der Waals surface area contributed by atoms with Crippen molar-refractivity contribution < 1.29 is 4.74 Å². The van der Waals surface area contributed by atoms with Crippen LogP contribution in [-0.2, 0) is 6.42 Å². The number of nitrogens with one attached hydrogen (secondary N) is 1. The zero-order chi connectivity index (χ0) is 14.3. The highest BCUT2D eigenvalue weighted by molar-refractivity contribution is 5.53. The molecule has 0 spiro atoms. The van der Waals surface area contributed by atoms with Crippen molar-refractivity contribution in [3.63, 3.8) is 0 Å². The van der Waals surface area contributed by atoms with E-state index in [1.807, 2.05) is 26.0 Å². The molecule has 19 heavy (non-hydrogen) atoms. The van der Waals surface area contributed by atoms with E-state index in [0.29, 0.717) is 0 Å². The Morgan fingerprint density at radius 3 is 2.79 bits per heavy atom. The van der Waals surface area contributed by atoms with E-state index in [9.17, 15) is 0 Å². The predicted octanol–water partition coefficient (Wildman–Crippen LogP) is 4.12. The van der Waals surface area contributed by atoms with Gasteiger partial charge in [-0.05, 0) is 49.9 Å². The quantitative estimate of drug-likeness (QED) is 0.800. The molecule has 0 fully saturated rings. The van der Waals surface area contributed by atoms with Crippen molar-refractivity contribution >= 4 is 5.69 Å². The molecule has 0 saturated heterocycles. The van der Waals surface area contributed by atoms with Gasteiger partial charge in [0.15, 0.2) is 0 Å². The highest BCUT2D eigenvalue weighted by Gasteiger charge is 2.09. The molecule has 1 rings (SSSR count). The minimum absolute atomic E-state index is 0.113. The van der Waals surface area contributed by atoms with Crippen LogP contribution >= 0.6 is 0 Å². The lowest BCUT2D eigenvalue weighted by atomic mass is 9.98. The zero-order valence-electron chi connectivity index (χ0n) is 12.0. The van der Waals surface area contributed by atoms with Gasteiger partial charge in [0.2, 0.25) is 0 Å². The van der Waals surface area contributed by atoms with Gasteiger partial charge in [-0.1, -0.05) is 13.5 Å². The van der Waals surface area contributed by atoms with Crippen LogP contribution in [0.5, 0.6) is 5.75 Å². The molecule has 0 amide bonds. The summed E-state index contributed by atoms with van der Waals surface area (Å²) in [6.45, 7) is 7.81. The van der Waals surface area contributed by atoms with E-state index in [-0.39, 0.29) is 5.92 Å². The monoisotopic (exact) mass is 258 g/mol. The molecular formula is C16H22N2O. The fourth-order valence-corrected chi connectivity index (χ4v) is 1.99. The van der Waals surface area contributed by atoms with Crippen LogP contribution in [0.15, 0.2) is 30.5 Å². The first-order valence-corrected chi connectivity index (χ1v) is 6.59. The smallest absolute Gasteiger partial charge is 0.122 e. The summed E-state index contributed by atoms with van der Waals surface area (Å²) in [6, 6.07) is 8.33. The summed E-state index contributed by atoms with van der Waals surface area (Å²) in [7, 11) is 1.67. The van der Waals surface area contributed by atoms with Crippen molar-refractivity contribution in [1.29, 1.82) is 5.26 Å². The van der Waals surface area contributed by atoms with E-state index >= 15 is 0 Å². The topological polar surface area (TPSA) is 45.0 Å². The molecule has 0 aromatic heterocycles. The van der Waals surface area contributed by atoms with Crippen LogP contribution in [0.4, 0.5) is 5.69 Å². The maximum Gasteiger partial charge on any atom is 0.122 e. The standard InChI is InChI=1S/C16H22N2O/c1-5-13(11-17)6-7-14-10-15(18-12(2)3)8-9-16(14)19-4/h8-10,13,18H,2,5-7H2,1,3-4H3. The number of methoxy groups -OCH3 is 1. The molecule has 102 valence electrons. The second-order valence-corrected chi connectivity index (χ2v) is 4.70. The lowest BCUT2D eigenvalue weighted by Crippen LogP contribution is -2.01. The van der Waals surface area contributed by atoms with Gasteiger partial charge in [-0.25, -0.2) is 0 Å². The molecule has 0 heterocycles. The van der Waals surface area contributed by atoms with E-state index in [1.54, 1.807) is 7.11 Å². The van der Waals surface area contributed by atoms with E-state index in [0.717, 1.165) is 42.0 Å². The SMILES string of the molecule is C=C(C)Nc1ccc(OC)c(CCC(C#N)CC)c1. The zero-order valence-corrected chi connectivity index (χ0v) is 12.0. The fraction of sp³-hybridized carbons (Fsp3) is 0.438. The van der Waals surface area contributed by atoms with Crippen LogP contribution in [0, 0.1) is 17.2 Å². The first kappa shape index (κ1) is 15.1. The summed E-state index contributed by atoms with van der Waals surface area (Å²) in [5.74, 6) is 0.988. The van der Waals surface area contributed by atoms with E-state index in [2.05, 4.69) is 24.0 Å². The van der Waals surface area contributed by atoms with Crippen LogP contribution in [0.2, 0.25) is 0 Å². The first-order valence-electron chi connectivity index (χ1n) is 6.59. The normalized spacial score (nSPS) is 11.5. The molecule has 1 N–H and O–H groups in total. The largest absolute Gasteiger partial charge is 0.496 e. The summed E-state index contributed by atoms with van der Waals surface area (Å²) in [5.41, 5.74) is 3.04. The molecule has 3 nitrogen and oxygen atoms in total. The van der Waals surface area contributed by atoms with E-state index in [4.69, 9.17) is 10.00 Å². The number of rotatable bonds is 7. The summed E-state index contributed by atoms with van der Waals surface area (Å²) in [6.07, 6.45) is 2.60. The van der Waals surface area contributed by atoms with Crippen LogP contribution in [0.3, 0.4) is 0 Å². The van der Waals surface area contributed by atoms with Crippen molar-refractivity contribution in [3.05, 3.63) is 36.0 Å². The number of anilines is 1. The van der Waals surface area contributed by atoms with E-state index in [1.165, 1.54) is 0 Å². The van der Waals surface area contributed by atoms with Crippen molar-refractivity contribution in [2.24, 2.45) is 5.92 Å². The molecule has 0 aliphatic rings. The summed E-state index contributed by atoms with van der Waals surface area (Å²) in [4.78, 5) is 0. The number of hydrogen-bond donors (Lipinski definition) is 1. The maximum atomic E-state index is 9.00. The molecule has 0 bridgehead atoms. The summed E-state index contributed by atoms with van der Waals surface area (Å²) >= 11 is 0. The van der Waals surface area contributed by atoms with Gasteiger partial charge in [0.1, 0.15) is 5.75 Å². The minimum atomic E-state index is 0.113. The van der Waals surface area contributed by atoms with Crippen LogP contribution < -0.4 is 10.1 Å². The van der Waals surface area contributed by atoms with Crippen LogP contribution in [-0.4, -0.2) is 7.11 Å². The third-order valence-electron chi connectivity index (χ3n) is 3.08. The molecule has 1 aromatic rings. The number of ether oxygens (including phenoxy) is 1. The van der Waals surface area contributed by atoms with Crippen LogP contribution in [0.1, 0.15) is 32.3 Å². The number of benzene rings is 1. The van der Waals surface area contributed by atoms with Gasteiger partial charge in [-0.15, -0.1) is 0 Å². The van der Waals surface area contributed by atoms with E-state index < -0.39 is 0 Å². The Labute approximate surface area is 115 Å². The Hall–Kier alpha value is -1.95. The highest BCUT2D eigenvalue weighted by Crippen LogP contribution is 2.26. The number of nitrogens with zero attached hydrogens (tertiary/aromatic N) is 1. The van der Waals surface area contributed by atoms with Gasteiger partial charge >= 0.3 is 0 Å². The van der Waals surface area contributed by atoms with Gasteiger partial charge in [0, 0.05) is 17.3 Å². The number of aryl methyl sites for hydroxylation is 1. The number of hydrogen-bond acceptors (Lipinski definition) is 3. The maximum absolute atomic E-state index is 9.00. The van der Waals surface area contributed by atoms with Crippen molar-refractivity contribution in [2.45, 2.75) is 33.1 Å². The summed E-state index contributed by atoms with van der Waals surface area (Å²) < 4.78 is 5.37. The average Bonchev–Trinajstić information content (AvgIpc) is 2.39. The molecule has 0 aliphatic carbocycles. The third-order valence-corrected chi connectivity index (χ3v) is 3.08. The number of nitriles is 1. The second kappa shape index (κ2) is 7.48. The Morgan fingerprint density at radius 1 is 1.53 bits per heavy atom. The molecule has 0 aliphatic heterocycles. The van der Waals surface area contributed by atoms with Crippen molar-refractivity contribution in [3.8, 4) is 11.8 Å². The molecule has 1 atom stereocenters. The molecular weight excluding hydrogens is 236 g/mol. The summed E-state index contributed by atoms with van der Waals surface area (Å²) in [5, 5.41) is 12.2. The molecule has 1 aromatic carbocycles. The van der Waals surface area contributed by atoms with Gasteiger partial charge in [0.25, 0.3) is 0 Å². The Bertz CT molecular complexity index is 474. The highest BCUT2D eigenvalue weighted by atomic mass is 16.5. The van der Waals surface area contributed by atoms with Gasteiger partial charge in [-0.2, -0.15) is 5.26 Å². The Balaban J connectivity index is 2.84. The van der Waals surface area contributed by atoms with Gasteiger partial charge in [0.05, 0.1) is 13.2 Å².